The largest absolute Gasteiger partial charge is 0.468 e. The van der Waals surface area contributed by atoms with E-state index in [0.29, 0.717) is 11.4 Å². The number of sulfonamides is 1. The quantitative estimate of drug-likeness (QED) is 0.500. The fraction of sp³-hybridized carbons (Fsp3) is 0.136. The number of nitrogens with one attached hydrogen (secondary N) is 2. The van der Waals surface area contributed by atoms with Crippen LogP contribution >= 0.6 is 0 Å². The summed E-state index contributed by atoms with van der Waals surface area (Å²) in [6, 6.07) is 16.8. The summed E-state index contributed by atoms with van der Waals surface area (Å²) in [5.74, 6) is -0.950. The van der Waals surface area contributed by atoms with Gasteiger partial charge in [0.05, 0.1) is 34.5 Å². The van der Waals surface area contributed by atoms with Crippen LogP contribution in [0.5, 0.6) is 0 Å². The third-order valence-corrected chi connectivity index (χ3v) is 5.79. The summed E-state index contributed by atoms with van der Waals surface area (Å²) in [6.07, 6.45) is 0.292. The van der Waals surface area contributed by atoms with Gasteiger partial charge in [-0.05, 0) is 55.5 Å². The number of rotatable bonds is 8. The Kier molecular flexibility index (Phi) is 7.04. The summed E-state index contributed by atoms with van der Waals surface area (Å²) in [7, 11) is -3.81. The lowest BCUT2D eigenvalue weighted by Gasteiger charge is -2.14. The van der Waals surface area contributed by atoms with Crippen molar-refractivity contribution in [3.63, 3.8) is 0 Å². The van der Waals surface area contributed by atoms with E-state index >= 15 is 0 Å². The normalized spacial score (nSPS) is 11.9. The molecule has 1 aromatic heterocycles. The number of amides is 1. The average molecular weight is 453 g/mol. The SMILES string of the molecule is CC(OC(=O)c1ccc(S(=O)(=O)NCc2ccco2)cc1)C(=O)Nc1ccccc1C#N. The van der Waals surface area contributed by atoms with E-state index in [9.17, 15) is 18.0 Å². The van der Waals surface area contributed by atoms with Gasteiger partial charge >= 0.3 is 5.97 Å². The Morgan fingerprint density at radius 2 is 1.81 bits per heavy atom. The van der Waals surface area contributed by atoms with E-state index in [4.69, 9.17) is 14.4 Å². The van der Waals surface area contributed by atoms with Crippen molar-refractivity contribution in [2.45, 2.75) is 24.5 Å². The number of nitriles is 1. The van der Waals surface area contributed by atoms with E-state index in [1.807, 2.05) is 6.07 Å². The lowest BCUT2D eigenvalue weighted by Crippen LogP contribution is -2.30. The standard InChI is InChI=1S/C22H19N3O6S/c1-15(21(26)25-20-7-3-2-5-17(20)13-23)31-22(27)16-8-10-19(11-9-16)32(28,29)24-14-18-6-4-12-30-18/h2-12,15,24H,14H2,1H3,(H,25,26). The second-order valence-corrected chi connectivity index (χ2v) is 8.39. The maximum Gasteiger partial charge on any atom is 0.338 e. The minimum atomic E-state index is -3.81. The Morgan fingerprint density at radius 3 is 2.47 bits per heavy atom. The van der Waals surface area contributed by atoms with Gasteiger partial charge in [-0.3, -0.25) is 4.79 Å². The number of hydrogen-bond donors (Lipinski definition) is 2. The number of hydrogen-bond acceptors (Lipinski definition) is 7. The molecule has 1 amide bonds. The van der Waals surface area contributed by atoms with Crippen molar-refractivity contribution < 1.29 is 27.2 Å². The molecule has 0 saturated carbocycles. The summed E-state index contributed by atoms with van der Waals surface area (Å²) in [5.41, 5.74) is 0.656. The highest BCUT2D eigenvalue weighted by atomic mass is 32.2. The number of esters is 1. The van der Waals surface area contributed by atoms with Gasteiger partial charge in [0, 0.05) is 0 Å². The van der Waals surface area contributed by atoms with Gasteiger partial charge in [-0.25, -0.2) is 17.9 Å². The molecule has 0 aliphatic carbocycles. The number of ether oxygens (including phenoxy) is 1. The van der Waals surface area contributed by atoms with Crippen LogP contribution in [0, 0.1) is 11.3 Å². The van der Waals surface area contributed by atoms with Crippen LogP contribution in [-0.2, 0) is 26.1 Å². The van der Waals surface area contributed by atoms with E-state index in [1.54, 1.807) is 36.4 Å². The van der Waals surface area contributed by atoms with Crippen molar-refractivity contribution in [3.05, 3.63) is 83.8 Å². The molecular formula is C22H19N3O6S. The van der Waals surface area contributed by atoms with Gasteiger partial charge in [0.25, 0.3) is 5.91 Å². The zero-order valence-electron chi connectivity index (χ0n) is 16.9. The fourth-order valence-corrected chi connectivity index (χ4v) is 3.63. The van der Waals surface area contributed by atoms with E-state index in [1.165, 1.54) is 37.5 Å². The van der Waals surface area contributed by atoms with Crippen molar-refractivity contribution in [1.82, 2.24) is 4.72 Å². The minimum Gasteiger partial charge on any atom is -0.468 e. The molecular weight excluding hydrogens is 434 g/mol. The van der Waals surface area contributed by atoms with Gasteiger partial charge in [0.1, 0.15) is 11.8 Å². The van der Waals surface area contributed by atoms with Crippen LogP contribution in [0.4, 0.5) is 5.69 Å². The molecule has 1 heterocycles. The molecule has 0 fully saturated rings. The van der Waals surface area contributed by atoms with Crippen molar-refractivity contribution in [2.75, 3.05) is 5.32 Å². The molecule has 32 heavy (non-hydrogen) atoms. The van der Waals surface area contributed by atoms with E-state index in [0.717, 1.165) is 0 Å². The number of para-hydroxylation sites is 1. The first-order valence-corrected chi connectivity index (χ1v) is 10.9. The highest BCUT2D eigenvalue weighted by molar-refractivity contribution is 7.89. The number of nitrogens with zero attached hydrogens (tertiary/aromatic N) is 1. The highest BCUT2D eigenvalue weighted by Crippen LogP contribution is 2.16. The Labute approximate surface area is 184 Å². The number of carbonyl (C=O) groups excluding carboxylic acids is 2. The minimum absolute atomic E-state index is 0.0132. The predicted octanol–water partition coefficient (Wildman–Crippen LogP) is 2.81. The molecule has 0 aliphatic heterocycles. The Morgan fingerprint density at radius 1 is 1.09 bits per heavy atom. The van der Waals surface area contributed by atoms with Crippen LogP contribution in [0.3, 0.4) is 0 Å². The Balaban J connectivity index is 1.60. The fourth-order valence-electron chi connectivity index (χ4n) is 2.64. The predicted molar refractivity (Wildman–Crippen MR) is 114 cm³/mol. The third-order valence-electron chi connectivity index (χ3n) is 4.38. The molecule has 10 heteroatoms. The van der Waals surface area contributed by atoms with Gasteiger partial charge in [0.2, 0.25) is 10.0 Å². The number of benzene rings is 2. The molecule has 2 N–H and O–H groups in total. The molecule has 3 rings (SSSR count). The van der Waals surface area contributed by atoms with Gasteiger partial charge in [-0.2, -0.15) is 5.26 Å². The Hall–Kier alpha value is -3.94. The smallest absolute Gasteiger partial charge is 0.338 e. The summed E-state index contributed by atoms with van der Waals surface area (Å²) in [5, 5.41) is 11.6. The summed E-state index contributed by atoms with van der Waals surface area (Å²) in [6.45, 7) is 1.38. The molecule has 2 aromatic carbocycles. The zero-order valence-corrected chi connectivity index (χ0v) is 17.8. The van der Waals surface area contributed by atoms with Crippen LogP contribution in [0.1, 0.15) is 28.6 Å². The highest BCUT2D eigenvalue weighted by Gasteiger charge is 2.21. The van der Waals surface area contributed by atoms with E-state index in [2.05, 4.69) is 10.0 Å². The third kappa shape index (κ3) is 5.60. The first-order chi connectivity index (χ1) is 15.3. The molecule has 0 aliphatic rings. The maximum atomic E-state index is 12.4. The molecule has 0 radical (unpaired) electrons. The maximum absolute atomic E-state index is 12.4. The first kappa shape index (κ1) is 22.7. The molecule has 3 aromatic rings. The Bertz CT molecular complexity index is 1250. The van der Waals surface area contributed by atoms with Gasteiger partial charge < -0.3 is 14.5 Å². The van der Waals surface area contributed by atoms with Gasteiger partial charge in [-0.15, -0.1) is 0 Å². The second-order valence-electron chi connectivity index (χ2n) is 6.62. The van der Waals surface area contributed by atoms with E-state index in [-0.39, 0.29) is 22.6 Å². The molecule has 0 spiro atoms. The molecule has 0 saturated heterocycles. The molecule has 164 valence electrons. The summed E-state index contributed by atoms with van der Waals surface area (Å²) >= 11 is 0. The molecule has 1 unspecified atom stereocenters. The number of carbonyl (C=O) groups is 2. The average Bonchev–Trinajstić information content (AvgIpc) is 3.32. The van der Waals surface area contributed by atoms with Gasteiger partial charge in [-0.1, -0.05) is 12.1 Å². The van der Waals surface area contributed by atoms with Crippen LogP contribution in [0.25, 0.3) is 0 Å². The van der Waals surface area contributed by atoms with Crippen molar-refractivity contribution in [3.8, 4) is 6.07 Å². The van der Waals surface area contributed by atoms with Crippen LogP contribution in [0.15, 0.2) is 76.2 Å². The zero-order chi connectivity index (χ0) is 23.1. The molecule has 0 bridgehead atoms. The lowest BCUT2D eigenvalue weighted by molar-refractivity contribution is -0.123. The van der Waals surface area contributed by atoms with Crippen LogP contribution in [-0.4, -0.2) is 26.4 Å². The van der Waals surface area contributed by atoms with Gasteiger partial charge in [0.15, 0.2) is 6.10 Å². The number of furan rings is 1. The van der Waals surface area contributed by atoms with Crippen molar-refractivity contribution in [1.29, 1.82) is 5.26 Å². The summed E-state index contributed by atoms with van der Waals surface area (Å²) < 4.78 is 37.3. The molecule has 9 nitrogen and oxygen atoms in total. The lowest BCUT2D eigenvalue weighted by atomic mass is 10.2. The topological polar surface area (TPSA) is 138 Å². The number of anilines is 1. The monoisotopic (exact) mass is 453 g/mol. The van der Waals surface area contributed by atoms with Crippen molar-refractivity contribution >= 4 is 27.6 Å². The van der Waals surface area contributed by atoms with E-state index < -0.39 is 28.0 Å². The van der Waals surface area contributed by atoms with Crippen LogP contribution in [0.2, 0.25) is 0 Å². The first-order valence-electron chi connectivity index (χ1n) is 9.43. The van der Waals surface area contributed by atoms with Crippen LogP contribution < -0.4 is 10.0 Å². The molecule has 1 atom stereocenters. The van der Waals surface area contributed by atoms with Crippen molar-refractivity contribution in [2.24, 2.45) is 0 Å². The summed E-state index contributed by atoms with van der Waals surface area (Å²) in [4.78, 5) is 24.6. The second kappa shape index (κ2) is 9.91.